The topological polar surface area (TPSA) is 125 Å². The van der Waals surface area contributed by atoms with Crippen molar-refractivity contribution in [2.24, 2.45) is 0 Å². The monoisotopic (exact) mass is 358 g/mol. The minimum Gasteiger partial charge on any atom is -0.504 e. The van der Waals surface area contributed by atoms with Gasteiger partial charge in [-0.1, -0.05) is 0 Å². The van der Waals surface area contributed by atoms with E-state index in [1.165, 1.54) is 0 Å². The third-order valence-corrected chi connectivity index (χ3v) is 5.38. The van der Waals surface area contributed by atoms with Gasteiger partial charge in [-0.2, -0.15) is 10.2 Å². The van der Waals surface area contributed by atoms with E-state index in [4.69, 9.17) is 0 Å². The molecular formula is C17H22N6O3. The summed E-state index contributed by atoms with van der Waals surface area (Å²) >= 11 is 0. The molecule has 2 fully saturated rings. The van der Waals surface area contributed by atoms with Crippen LogP contribution < -0.4 is 10.6 Å². The van der Waals surface area contributed by atoms with E-state index in [9.17, 15) is 14.7 Å². The zero-order valence-corrected chi connectivity index (χ0v) is 14.5. The van der Waals surface area contributed by atoms with Crippen molar-refractivity contribution in [3.8, 4) is 5.75 Å². The Morgan fingerprint density at radius 3 is 2.62 bits per heavy atom. The molecule has 26 heavy (non-hydrogen) atoms. The van der Waals surface area contributed by atoms with Crippen LogP contribution in [0.15, 0.2) is 18.5 Å². The van der Waals surface area contributed by atoms with Crippen molar-refractivity contribution < 1.29 is 14.7 Å². The zero-order chi connectivity index (χ0) is 18.3. The van der Waals surface area contributed by atoms with Crippen molar-refractivity contribution in [2.45, 2.75) is 56.7 Å². The lowest BCUT2D eigenvalue weighted by Gasteiger charge is -2.25. The second-order valence-corrected chi connectivity index (χ2v) is 7.11. The van der Waals surface area contributed by atoms with Crippen molar-refractivity contribution in [3.05, 3.63) is 29.8 Å². The minimum atomic E-state index is -0.584. The summed E-state index contributed by atoms with van der Waals surface area (Å²) in [5.74, 6) is -0.605. The third-order valence-electron chi connectivity index (χ3n) is 5.38. The lowest BCUT2D eigenvalue weighted by atomic mass is 10.1. The molecule has 0 aromatic carbocycles. The molecule has 0 spiro atoms. The summed E-state index contributed by atoms with van der Waals surface area (Å²) in [5, 5.41) is 26.5. The van der Waals surface area contributed by atoms with E-state index in [0.29, 0.717) is 5.69 Å². The van der Waals surface area contributed by atoms with Gasteiger partial charge in [0, 0.05) is 24.5 Å². The highest BCUT2D eigenvalue weighted by Crippen LogP contribution is 2.43. The van der Waals surface area contributed by atoms with E-state index in [0.717, 1.165) is 32.1 Å². The molecule has 2 aromatic rings. The summed E-state index contributed by atoms with van der Waals surface area (Å²) in [4.78, 5) is 25.2. The number of aryl methyl sites for hydroxylation is 1. The normalized spacial score (nSPS) is 23.6. The molecule has 2 aromatic heterocycles. The average molecular weight is 358 g/mol. The smallest absolute Gasteiger partial charge is 0.273 e. The Morgan fingerprint density at radius 1 is 1.31 bits per heavy atom. The molecule has 2 heterocycles. The van der Waals surface area contributed by atoms with Crippen LogP contribution >= 0.6 is 0 Å². The Balaban J connectivity index is 1.42. The lowest BCUT2D eigenvalue weighted by Crippen LogP contribution is -2.52. The number of rotatable bonds is 5. The first-order valence-electron chi connectivity index (χ1n) is 8.87. The van der Waals surface area contributed by atoms with Gasteiger partial charge in [0.25, 0.3) is 5.91 Å². The molecule has 2 aliphatic carbocycles. The minimum absolute atomic E-state index is 0.0485. The van der Waals surface area contributed by atoms with Gasteiger partial charge >= 0.3 is 0 Å². The maximum atomic E-state index is 12.8. The molecule has 2 aliphatic rings. The number of nitrogens with one attached hydrogen (secondary N) is 3. The van der Waals surface area contributed by atoms with Crippen molar-refractivity contribution >= 4 is 11.8 Å². The predicted molar refractivity (Wildman–Crippen MR) is 91.5 cm³/mol. The van der Waals surface area contributed by atoms with E-state index in [-0.39, 0.29) is 29.4 Å². The first kappa shape index (κ1) is 16.6. The fourth-order valence-electron chi connectivity index (χ4n) is 3.63. The number of aromatic nitrogens is 4. The molecule has 0 radical (unpaired) electrons. The predicted octanol–water partition coefficient (Wildman–Crippen LogP) is 0.577. The molecule has 0 saturated heterocycles. The Hall–Kier alpha value is -2.84. The molecule has 9 heteroatoms. The number of carbonyl (C=O) groups is 2. The number of hydrogen-bond acceptors (Lipinski definition) is 5. The first-order chi connectivity index (χ1) is 12.5. The first-order valence-corrected chi connectivity index (χ1v) is 8.87. The number of hydrogen-bond donors (Lipinski definition) is 4. The number of carbonyl (C=O) groups excluding carboxylic acids is 2. The second-order valence-electron chi connectivity index (χ2n) is 7.11. The highest BCUT2D eigenvalue weighted by Gasteiger charge is 2.53. The highest BCUT2D eigenvalue weighted by atomic mass is 16.3. The van der Waals surface area contributed by atoms with Gasteiger partial charge in [0.2, 0.25) is 5.91 Å². The molecule has 4 rings (SSSR count). The van der Waals surface area contributed by atoms with Gasteiger partial charge in [-0.05, 0) is 45.1 Å². The Bertz CT molecular complexity index is 824. The van der Waals surface area contributed by atoms with E-state index in [1.54, 1.807) is 17.8 Å². The fraction of sp³-hybridized carbons (Fsp3) is 0.529. The molecule has 0 aliphatic heterocycles. The summed E-state index contributed by atoms with van der Waals surface area (Å²) in [7, 11) is 0. The lowest BCUT2D eigenvalue weighted by molar-refractivity contribution is -0.126. The molecular weight excluding hydrogens is 336 g/mol. The van der Waals surface area contributed by atoms with Gasteiger partial charge in [0.1, 0.15) is 11.2 Å². The number of H-pyrrole nitrogens is 1. The van der Waals surface area contributed by atoms with Gasteiger partial charge in [-0.25, -0.2) is 0 Å². The van der Waals surface area contributed by atoms with Gasteiger partial charge in [-0.3, -0.25) is 19.4 Å². The maximum Gasteiger partial charge on any atom is 0.273 e. The Labute approximate surface area is 150 Å². The fourth-order valence-corrected chi connectivity index (χ4v) is 3.63. The Kier molecular flexibility index (Phi) is 3.93. The van der Waals surface area contributed by atoms with Gasteiger partial charge < -0.3 is 15.7 Å². The maximum absolute atomic E-state index is 12.8. The number of aromatic hydroxyl groups is 1. The summed E-state index contributed by atoms with van der Waals surface area (Å²) < 4.78 is 1.72. The van der Waals surface area contributed by atoms with Crippen LogP contribution in [0.5, 0.6) is 5.75 Å². The van der Waals surface area contributed by atoms with Crippen LogP contribution in [0.1, 0.15) is 48.3 Å². The number of amides is 2. The van der Waals surface area contributed by atoms with Crippen LogP contribution in [0.3, 0.4) is 0 Å². The van der Waals surface area contributed by atoms with Crippen LogP contribution in [0, 0.1) is 6.92 Å². The van der Waals surface area contributed by atoms with Crippen LogP contribution in [-0.4, -0.2) is 49.0 Å². The molecule has 2 atom stereocenters. The number of nitrogens with zero attached hydrogens (tertiary/aromatic N) is 3. The highest BCUT2D eigenvalue weighted by molar-refractivity contribution is 5.95. The van der Waals surface area contributed by atoms with Crippen molar-refractivity contribution in [1.82, 2.24) is 30.6 Å². The summed E-state index contributed by atoms with van der Waals surface area (Å²) in [6.45, 7) is 1.62. The summed E-state index contributed by atoms with van der Waals surface area (Å²) in [6, 6.07) is 1.50. The van der Waals surface area contributed by atoms with E-state index in [2.05, 4.69) is 25.9 Å². The average Bonchev–Trinajstić information content (AvgIpc) is 2.96. The quantitative estimate of drug-likeness (QED) is 0.622. The van der Waals surface area contributed by atoms with Gasteiger partial charge in [-0.15, -0.1) is 0 Å². The van der Waals surface area contributed by atoms with E-state index in [1.807, 2.05) is 12.3 Å². The Morgan fingerprint density at radius 2 is 2.04 bits per heavy atom. The molecule has 9 nitrogen and oxygen atoms in total. The van der Waals surface area contributed by atoms with E-state index < -0.39 is 11.4 Å². The van der Waals surface area contributed by atoms with Gasteiger partial charge in [0.05, 0.1) is 0 Å². The van der Waals surface area contributed by atoms with Crippen LogP contribution in [0.4, 0.5) is 0 Å². The van der Waals surface area contributed by atoms with Crippen LogP contribution in [0.2, 0.25) is 0 Å². The van der Waals surface area contributed by atoms with Crippen molar-refractivity contribution in [3.63, 3.8) is 0 Å². The molecule has 0 unspecified atom stereocenters. The van der Waals surface area contributed by atoms with Crippen molar-refractivity contribution in [2.75, 3.05) is 0 Å². The molecule has 2 saturated carbocycles. The van der Waals surface area contributed by atoms with Crippen LogP contribution in [0.25, 0.3) is 0 Å². The van der Waals surface area contributed by atoms with Gasteiger partial charge in [0.15, 0.2) is 11.4 Å². The molecule has 138 valence electrons. The summed E-state index contributed by atoms with van der Waals surface area (Å²) in [5.41, 5.74) is -0.157. The SMILES string of the molecule is Cc1n[nH]c(C(=O)N[C@@H]2CCC[C@@H]2NC(=O)C2(n3cccn3)CC2)c1O. The van der Waals surface area contributed by atoms with E-state index >= 15 is 0 Å². The standard InChI is InChI=1S/C17H22N6O3/c1-10-14(24)13(22-21-10)15(25)19-11-4-2-5-12(11)20-16(26)17(6-7-17)23-9-3-8-18-23/h3,8-9,11-12,24H,2,4-7H2,1H3,(H,19,25)(H,20,26)(H,21,22)/t11-,12+/m1/s1. The summed E-state index contributed by atoms with van der Waals surface area (Å²) in [6.07, 6.45) is 7.52. The zero-order valence-electron chi connectivity index (χ0n) is 14.5. The molecule has 0 bridgehead atoms. The largest absolute Gasteiger partial charge is 0.504 e. The molecule has 4 N–H and O–H groups in total. The molecule has 2 amide bonds. The van der Waals surface area contributed by atoms with Crippen LogP contribution in [-0.2, 0) is 10.3 Å². The third kappa shape index (κ3) is 2.73. The number of aromatic amines is 1. The van der Waals surface area contributed by atoms with Crippen molar-refractivity contribution in [1.29, 1.82) is 0 Å². The second kappa shape index (κ2) is 6.15.